The summed E-state index contributed by atoms with van der Waals surface area (Å²) >= 11 is 0. The highest BCUT2D eigenvalue weighted by Gasteiger charge is 2.31. The van der Waals surface area contributed by atoms with Crippen LogP contribution in [-0.2, 0) is 6.18 Å². The van der Waals surface area contributed by atoms with Crippen molar-refractivity contribution in [3.05, 3.63) is 77.8 Å². The second-order valence-corrected chi connectivity index (χ2v) is 9.57. The molecular weight excluding hydrogens is 523 g/mol. The van der Waals surface area contributed by atoms with Crippen LogP contribution in [0.25, 0.3) is 5.70 Å². The maximum absolute atomic E-state index is 13.0. The average molecular weight is 554 g/mol. The Morgan fingerprint density at radius 3 is 2.73 bits per heavy atom. The van der Waals surface area contributed by atoms with Crippen LogP contribution in [0.15, 0.2) is 55.3 Å². The minimum atomic E-state index is -4.58. The first-order valence-electron chi connectivity index (χ1n) is 13.0. The minimum Gasteiger partial charge on any atom is -0.369 e. The Bertz CT molecular complexity index is 1410. The Labute approximate surface area is 229 Å². The van der Waals surface area contributed by atoms with Gasteiger partial charge in [-0.15, -0.1) is 5.53 Å². The Morgan fingerprint density at radius 2 is 1.93 bits per heavy atom. The summed E-state index contributed by atoms with van der Waals surface area (Å²) in [6.45, 7) is 9.06. The third kappa shape index (κ3) is 6.15. The van der Waals surface area contributed by atoms with Crippen molar-refractivity contribution in [1.29, 1.82) is 0 Å². The normalized spacial score (nSPS) is 16.4. The van der Waals surface area contributed by atoms with E-state index < -0.39 is 17.6 Å². The summed E-state index contributed by atoms with van der Waals surface area (Å²) in [5.74, 6) is -0.773. The van der Waals surface area contributed by atoms with Gasteiger partial charge in [-0.25, -0.2) is 0 Å². The first-order chi connectivity index (χ1) is 19.2. The van der Waals surface area contributed by atoms with Crippen LogP contribution in [0.2, 0.25) is 0 Å². The molecule has 2 aliphatic rings. The molecule has 0 bridgehead atoms. The van der Waals surface area contributed by atoms with Crippen LogP contribution >= 0.6 is 0 Å². The molecule has 2 aliphatic heterocycles. The molecule has 0 saturated carbocycles. The molecule has 5 heterocycles. The highest BCUT2D eigenvalue weighted by Crippen LogP contribution is 2.30. The number of hydrazine groups is 2. The van der Waals surface area contributed by atoms with E-state index in [1.807, 2.05) is 19.3 Å². The van der Waals surface area contributed by atoms with Crippen LogP contribution < -0.4 is 26.2 Å². The number of nitrogens with one attached hydrogen (secondary N) is 3. The standard InChI is InChI=1S/C27H30F3N9O/c1-3-37-7-4-8-38(10-9-37)22-11-19(14-31-16-22)24-17-39(36-35-24)25-13-21(15-33-18(25)2)34-26(40)23-12-20(5-6-32-23)27(28,29)30/h5-6,11-17,35-36H,3-4,7-10H2,1-2H3,(H,34,40). The van der Waals surface area contributed by atoms with E-state index in [0.29, 0.717) is 23.1 Å². The lowest BCUT2D eigenvalue weighted by atomic mass is 10.2. The predicted octanol–water partition coefficient (Wildman–Crippen LogP) is 3.81. The third-order valence-corrected chi connectivity index (χ3v) is 6.90. The summed E-state index contributed by atoms with van der Waals surface area (Å²) < 4.78 is 39.1. The molecule has 3 aromatic heterocycles. The quantitative estimate of drug-likeness (QED) is 0.421. The number of pyridine rings is 3. The van der Waals surface area contributed by atoms with E-state index in [1.54, 1.807) is 17.3 Å². The summed E-state index contributed by atoms with van der Waals surface area (Å²) in [7, 11) is 0. The van der Waals surface area contributed by atoms with Gasteiger partial charge in [-0.1, -0.05) is 6.92 Å². The molecule has 0 radical (unpaired) electrons. The van der Waals surface area contributed by atoms with E-state index in [4.69, 9.17) is 0 Å². The summed E-state index contributed by atoms with van der Waals surface area (Å²) in [4.78, 5) is 30.0. The number of hydrogen-bond donors (Lipinski definition) is 3. The van der Waals surface area contributed by atoms with Crippen LogP contribution in [-0.4, -0.2) is 58.5 Å². The zero-order chi connectivity index (χ0) is 28.3. The SMILES string of the molecule is CCN1CCCN(c2cncc(C3=CN(c4cc(NC(=O)c5cc(C(F)(F)F)ccn5)cnc4C)NN3)c2)CC1. The number of carbonyl (C=O) groups excluding carboxylic acids is 1. The number of alkyl halides is 3. The van der Waals surface area contributed by atoms with Crippen molar-refractivity contribution >= 4 is 28.7 Å². The second kappa shape index (κ2) is 11.5. The number of hydrogen-bond acceptors (Lipinski definition) is 9. The van der Waals surface area contributed by atoms with Gasteiger partial charge >= 0.3 is 6.18 Å². The van der Waals surface area contributed by atoms with E-state index in [-0.39, 0.29) is 5.69 Å². The molecule has 13 heteroatoms. The van der Waals surface area contributed by atoms with Crippen molar-refractivity contribution < 1.29 is 18.0 Å². The zero-order valence-corrected chi connectivity index (χ0v) is 22.2. The Hall–Kier alpha value is -4.23. The number of likely N-dealkylation sites (N-methyl/N-ethyl adjacent to an activating group) is 1. The van der Waals surface area contributed by atoms with Gasteiger partial charge in [0, 0.05) is 43.8 Å². The lowest BCUT2D eigenvalue weighted by Gasteiger charge is -2.23. The van der Waals surface area contributed by atoms with Gasteiger partial charge in [-0.3, -0.25) is 24.8 Å². The molecular formula is C27H30F3N9O. The van der Waals surface area contributed by atoms with Gasteiger partial charge in [0.1, 0.15) is 5.69 Å². The van der Waals surface area contributed by atoms with Gasteiger partial charge in [0.05, 0.1) is 46.4 Å². The fourth-order valence-corrected chi connectivity index (χ4v) is 4.64. The number of carbonyl (C=O) groups is 1. The van der Waals surface area contributed by atoms with Gasteiger partial charge in [-0.2, -0.15) is 13.2 Å². The van der Waals surface area contributed by atoms with E-state index in [1.165, 1.54) is 6.20 Å². The van der Waals surface area contributed by atoms with Crippen molar-refractivity contribution in [1.82, 2.24) is 30.8 Å². The molecule has 210 valence electrons. The molecule has 0 aliphatic carbocycles. The minimum absolute atomic E-state index is 0.305. The predicted molar refractivity (Wildman–Crippen MR) is 146 cm³/mol. The van der Waals surface area contributed by atoms with E-state index >= 15 is 0 Å². The topological polar surface area (TPSA) is 102 Å². The number of aryl methyl sites for hydroxylation is 1. The summed E-state index contributed by atoms with van der Waals surface area (Å²) in [6.07, 6.45) is 4.43. The first-order valence-corrected chi connectivity index (χ1v) is 13.0. The Morgan fingerprint density at radius 1 is 1.07 bits per heavy atom. The van der Waals surface area contributed by atoms with Crippen LogP contribution in [0.4, 0.5) is 30.2 Å². The summed E-state index contributed by atoms with van der Waals surface area (Å²) in [5.41, 5.74) is 9.28. The van der Waals surface area contributed by atoms with E-state index in [0.717, 1.165) is 68.4 Å². The molecule has 0 spiro atoms. The molecule has 0 atom stereocenters. The fourth-order valence-electron chi connectivity index (χ4n) is 4.64. The summed E-state index contributed by atoms with van der Waals surface area (Å²) in [5, 5.41) is 4.30. The average Bonchev–Trinajstić information content (AvgIpc) is 3.32. The zero-order valence-electron chi connectivity index (χ0n) is 22.2. The number of rotatable bonds is 6. The number of halogens is 3. The molecule has 10 nitrogen and oxygen atoms in total. The molecule has 5 rings (SSSR count). The Kier molecular flexibility index (Phi) is 7.85. The van der Waals surface area contributed by atoms with Gasteiger partial charge < -0.3 is 20.5 Å². The fraction of sp³-hybridized carbons (Fsp3) is 0.333. The van der Waals surface area contributed by atoms with Crippen molar-refractivity contribution in [3.63, 3.8) is 0 Å². The van der Waals surface area contributed by atoms with Gasteiger partial charge in [-0.05, 0) is 50.7 Å². The highest BCUT2D eigenvalue weighted by atomic mass is 19.4. The van der Waals surface area contributed by atoms with E-state index in [9.17, 15) is 18.0 Å². The maximum Gasteiger partial charge on any atom is 0.416 e. The molecule has 3 aromatic rings. The smallest absolute Gasteiger partial charge is 0.369 e. The number of amides is 1. The lowest BCUT2D eigenvalue weighted by molar-refractivity contribution is -0.137. The van der Waals surface area contributed by atoms with Crippen molar-refractivity contribution in [2.75, 3.05) is 47.9 Å². The van der Waals surface area contributed by atoms with Crippen LogP contribution in [0.3, 0.4) is 0 Å². The highest BCUT2D eigenvalue weighted by molar-refractivity contribution is 6.03. The maximum atomic E-state index is 13.0. The molecule has 0 aromatic carbocycles. The van der Waals surface area contributed by atoms with Gasteiger partial charge in [0.15, 0.2) is 0 Å². The third-order valence-electron chi connectivity index (χ3n) is 6.90. The molecule has 0 unspecified atom stereocenters. The molecule has 1 amide bonds. The Balaban J connectivity index is 1.31. The monoisotopic (exact) mass is 553 g/mol. The van der Waals surface area contributed by atoms with Gasteiger partial charge in [0.25, 0.3) is 5.91 Å². The van der Waals surface area contributed by atoms with Crippen molar-refractivity contribution in [2.24, 2.45) is 0 Å². The van der Waals surface area contributed by atoms with Crippen molar-refractivity contribution in [2.45, 2.75) is 26.4 Å². The largest absolute Gasteiger partial charge is 0.416 e. The molecule has 3 N–H and O–H groups in total. The molecule has 1 saturated heterocycles. The molecule has 1 fully saturated rings. The van der Waals surface area contributed by atoms with Crippen LogP contribution in [0.1, 0.15) is 40.7 Å². The first kappa shape index (κ1) is 27.3. The number of aromatic nitrogens is 3. The van der Waals surface area contributed by atoms with E-state index in [2.05, 4.69) is 54.0 Å². The van der Waals surface area contributed by atoms with Crippen LogP contribution in [0.5, 0.6) is 0 Å². The number of nitrogens with zero attached hydrogens (tertiary/aromatic N) is 6. The van der Waals surface area contributed by atoms with Crippen LogP contribution in [0, 0.1) is 6.92 Å². The van der Waals surface area contributed by atoms with Gasteiger partial charge in [0.2, 0.25) is 0 Å². The second-order valence-electron chi connectivity index (χ2n) is 9.57. The lowest BCUT2D eigenvalue weighted by Crippen LogP contribution is -2.36. The molecule has 40 heavy (non-hydrogen) atoms. The van der Waals surface area contributed by atoms with Crippen molar-refractivity contribution in [3.8, 4) is 0 Å². The summed E-state index contributed by atoms with van der Waals surface area (Å²) in [6, 6.07) is 5.31. The number of anilines is 3.